The molecule has 0 bridgehead atoms. The van der Waals surface area contributed by atoms with Crippen LogP contribution in [0, 0.1) is 5.82 Å². The lowest BCUT2D eigenvalue weighted by Gasteiger charge is -2.34. The van der Waals surface area contributed by atoms with Crippen molar-refractivity contribution >= 4 is 35.0 Å². The highest BCUT2D eigenvalue weighted by Gasteiger charge is 2.39. The van der Waals surface area contributed by atoms with Gasteiger partial charge in [-0.25, -0.2) is 4.39 Å². The Morgan fingerprint density at radius 2 is 2.03 bits per heavy atom. The van der Waals surface area contributed by atoms with Gasteiger partial charge in [0.1, 0.15) is 17.3 Å². The first kappa shape index (κ1) is 23.9. The van der Waals surface area contributed by atoms with Gasteiger partial charge in [-0.2, -0.15) is 0 Å². The third-order valence-corrected chi connectivity index (χ3v) is 5.55. The third kappa shape index (κ3) is 6.14. The van der Waals surface area contributed by atoms with E-state index in [1.54, 1.807) is 19.1 Å². The predicted octanol–water partition coefficient (Wildman–Crippen LogP) is 4.43. The number of ether oxygens (including phenoxy) is 2. The Bertz CT molecular complexity index is 1050. The fourth-order valence-electron chi connectivity index (χ4n) is 3.14. The first-order chi connectivity index (χ1) is 15.2. The average Bonchev–Trinajstić information content (AvgIpc) is 2.74. The van der Waals surface area contributed by atoms with E-state index in [9.17, 15) is 14.0 Å². The number of rotatable bonds is 8. The van der Waals surface area contributed by atoms with Gasteiger partial charge in [0.25, 0.3) is 11.8 Å². The Hall–Kier alpha value is -2.77. The maximum atomic E-state index is 13.4. The molecule has 1 aliphatic rings. The SMILES string of the molecule is C=C(CCNC(=O)COc1ccc(Cl)c(F)c1)NC(=O)C1(C)CCc2cc(Cl)ccc2O1. The van der Waals surface area contributed by atoms with Crippen molar-refractivity contribution in [3.05, 3.63) is 70.1 Å². The zero-order chi connectivity index (χ0) is 23.3. The number of aryl methyl sites for hydroxylation is 1. The first-order valence-electron chi connectivity index (χ1n) is 9.97. The van der Waals surface area contributed by atoms with Crippen LogP contribution in [0.3, 0.4) is 0 Å². The lowest BCUT2D eigenvalue weighted by Crippen LogP contribution is -2.50. The highest BCUT2D eigenvalue weighted by Crippen LogP contribution is 2.35. The van der Waals surface area contributed by atoms with Gasteiger partial charge in [-0.3, -0.25) is 9.59 Å². The van der Waals surface area contributed by atoms with Crippen LogP contribution in [-0.2, 0) is 16.0 Å². The van der Waals surface area contributed by atoms with E-state index in [0.29, 0.717) is 35.7 Å². The standard InChI is InChI=1S/C23H23Cl2FN2O4/c1-14(8-10-27-21(29)13-31-17-4-5-18(25)19(26)12-17)28-22(30)23(2)9-7-15-11-16(24)3-6-20(15)32-23/h3-6,11-12H,1,7-10,13H2,2H3,(H,27,29)(H,28,30). The highest BCUT2D eigenvalue weighted by molar-refractivity contribution is 6.31. The lowest BCUT2D eigenvalue weighted by atomic mass is 9.91. The number of benzene rings is 2. The molecule has 1 unspecified atom stereocenters. The van der Waals surface area contributed by atoms with Crippen LogP contribution in [0.5, 0.6) is 11.5 Å². The van der Waals surface area contributed by atoms with Crippen LogP contribution >= 0.6 is 23.2 Å². The van der Waals surface area contributed by atoms with Gasteiger partial charge >= 0.3 is 0 Å². The molecule has 0 fully saturated rings. The molecule has 0 aromatic heterocycles. The first-order valence-corrected chi connectivity index (χ1v) is 10.7. The predicted molar refractivity (Wildman–Crippen MR) is 121 cm³/mol. The second-order valence-electron chi connectivity index (χ2n) is 7.61. The monoisotopic (exact) mass is 480 g/mol. The largest absolute Gasteiger partial charge is 0.484 e. The van der Waals surface area contributed by atoms with Crippen LogP contribution in [0.1, 0.15) is 25.3 Å². The topological polar surface area (TPSA) is 76.7 Å². The molecule has 0 radical (unpaired) electrons. The number of hydrogen-bond donors (Lipinski definition) is 2. The van der Waals surface area contributed by atoms with Gasteiger partial charge in [0, 0.05) is 36.2 Å². The summed E-state index contributed by atoms with van der Waals surface area (Å²) in [4.78, 5) is 24.7. The van der Waals surface area contributed by atoms with E-state index in [1.165, 1.54) is 12.1 Å². The highest BCUT2D eigenvalue weighted by atomic mass is 35.5. The van der Waals surface area contributed by atoms with E-state index < -0.39 is 17.3 Å². The smallest absolute Gasteiger partial charge is 0.268 e. The molecule has 0 spiro atoms. The van der Waals surface area contributed by atoms with E-state index >= 15 is 0 Å². The molecular formula is C23H23Cl2FN2O4. The summed E-state index contributed by atoms with van der Waals surface area (Å²) in [7, 11) is 0. The summed E-state index contributed by atoms with van der Waals surface area (Å²) in [5, 5.41) is 6.01. The number of fused-ring (bicyclic) bond motifs is 1. The quantitative estimate of drug-likeness (QED) is 0.585. The molecule has 0 aliphatic carbocycles. The van der Waals surface area contributed by atoms with Gasteiger partial charge in [0.2, 0.25) is 0 Å². The fraction of sp³-hybridized carbons (Fsp3) is 0.304. The van der Waals surface area contributed by atoms with E-state index in [2.05, 4.69) is 17.2 Å². The zero-order valence-corrected chi connectivity index (χ0v) is 19.0. The van der Waals surface area contributed by atoms with Gasteiger partial charge < -0.3 is 20.1 Å². The minimum atomic E-state index is -1.03. The zero-order valence-electron chi connectivity index (χ0n) is 17.5. The Balaban J connectivity index is 1.40. The molecule has 9 heteroatoms. The molecule has 6 nitrogen and oxygen atoms in total. The van der Waals surface area contributed by atoms with Crippen LogP contribution in [0.15, 0.2) is 48.7 Å². The van der Waals surface area contributed by atoms with Gasteiger partial charge in [0.15, 0.2) is 12.2 Å². The molecule has 32 heavy (non-hydrogen) atoms. The summed E-state index contributed by atoms with van der Waals surface area (Å²) in [5.74, 6) is -0.487. The van der Waals surface area contributed by atoms with E-state index in [1.807, 2.05) is 6.07 Å². The Morgan fingerprint density at radius 1 is 1.25 bits per heavy atom. The molecule has 2 aromatic rings. The Labute approximate surface area is 195 Å². The summed E-state index contributed by atoms with van der Waals surface area (Å²) in [5.41, 5.74) is 0.380. The van der Waals surface area contributed by atoms with Crippen LogP contribution in [0.2, 0.25) is 10.0 Å². The van der Waals surface area contributed by atoms with Crippen molar-refractivity contribution in [1.82, 2.24) is 10.6 Å². The number of hydrogen-bond acceptors (Lipinski definition) is 4. The third-order valence-electron chi connectivity index (χ3n) is 5.01. The molecule has 1 heterocycles. The number of carbonyl (C=O) groups is 2. The molecular weight excluding hydrogens is 458 g/mol. The van der Waals surface area contributed by atoms with Crippen molar-refractivity contribution < 1.29 is 23.5 Å². The summed E-state index contributed by atoms with van der Waals surface area (Å²) in [6.45, 7) is 5.53. The second kappa shape index (κ2) is 10.2. The number of amides is 2. The van der Waals surface area contributed by atoms with Gasteiger partial charge in [-0.1, -0.05) is 29.8 Å². The van der Waals surface area contributed by atoms with E-state index in [0.717, 1.165) is 11.6 Å². The molecule has 170 valence electrons. The number of carbonyl (C=O) groups excluding carboxylic acids is 2. The normalized spacial score (nSPS) is 17.0. The lowest BCUT2D eigenvalue weighted by molar-refractivity contribution is -0.136. The van der Waals surface area contributed by atoms with Crippen LogP contribution in [0.25, 0.3) is 0 Å². The molecule has 0 saturated carbocycles. The summed E-state index contributed by atoms with van der Waals surface area (Å²) in [6.07, 6.45) is 1.49. The number of nitrogens with one attached hydrogen (secondary N) is 2. The minimum Gasteiger partial charge on any atom is -0.484 e. The van der Waals surface area contributed by atoms with Gasteiger partial charge in [-0.15, -0.1) is 0 Å². The maximum absolute atomic E-state index is 13.4. The van der Waals surface area contributed by atoms with Crippen LogP contribution in [0.4, 0.5) is 4.39 Å². The molecule has 2 aromatic carbocycles. The van der Waals surface area contributed by atoms with Crippen molar-refractivity contribution in [2.24, 2.45) is 0 Å². The van der Waals surface area contributed by atoms with E-state index in [-0.39, 0.29) is 29.8 Å². The van der Waals surface area contributed by atoms with Crippen molar-refractivity contribution in [3.8, 4) is 11.5 Å². The van der Waals surface area contributed by atoms with Gasteiger partial charge in [0.05, 0.1) is 5.02 Å². The Kier molecular flexibility index (Phi) is 7.64. The molecule has 2 amide bonds. The van der Waals surface area contributed by atoms with Crippen molar-refractivity contribution in [3.63, 3.8) is 0 Å². The minimum absolute atomic E-state index is 0.0246. The number of halogens is 3. The average molecular weight is 481 g/mol. The fourth-order valence-corrected chi connectivity index (χ4v) is 3.46. The summed E-state index contributed by atoms with van der Waals surface area (Å²) < 4.78 is 24.5. The van der Waals surface area contributed by atoms with Crippen LogP contribution < -0.4 is 20.1 Å². The second-order valence-corrected chi connectivity index (χ2v) is 8.45. The maximum Gasteiger partial charge on any atom is 0.268 e. The Morgan fingerprint density at radius 3 is 2.78 bits per heavy atom. The molecule has 1 aliphatic heterocycles. The van der Waals surface area contributed by atoms with Crippen LogP contribution in [-0.4, -0.2) is 30.6 Å². The summed E-state index contributed by atoms with van der Waals surface area (Å²) >= 11 is 11.6. The molecule has 2 N–H and O–H groups in total. The van der Waals surface area contributed by atoms with Gasteiger partial charge in [-0.05, 0) is 49.2 Å². The molecule has 1 atom stereocenters. The molecule has 3 rings (SSSR count). The van der Waals surface area contributed by atoms with Crippen molar-refractivity contribution in [2.75, 3.05) is 13.2 Å². The van der Waals surface area contributed by atoms with Crippen molar-refractivity contribution in [1.29, 1.82) is 0 Å². The summed E-state index contributed by atoms with van der Waals surface area (Å²) in [6, 6.07) is 9.24. The van der Waals surface area contributed by atoms with Crippen molar-refractivity contribution in [2.45, 2.75) is 31.8 Å². The van der Waals surface area contributed by atoms with E-state index in [4.69, 9.17) is 32.7 Å². The molecule has 0 saturated heterocycles.